The van der Waals surface area contributed by atoms with Crippen molar-refractivity contribution in [1.29, 1.82) is 0 Å². The van der Waals surface area contributed by atoms with Gasteiger partial charge in [-0.25, -0.2) is 0 Å². The van der Waals surface area contributed by atoms with Crippen molar-refractivity contribution in [3.8, 4) is 0 Å². The number of nitrogens with zero attached hydrogens (tertiary/aromatic N) is 3. The third kappa shape index (κ3) is 3.67. The molecule has 0 aliphatic carbocycles. The molecule has 27 heavy (non-hydrogen) atoms. The summed E-state index contributed by atoms with van der Waals surface area (Å²) in [5.74, 6) is -0.112. The highest BCUT2D eigenvalue weighted by molar-refractivity contribution is 6.04. The molecule has 2 aromatic heterocycles. The van der Waals surface area contributed by atoms with Crippen LogP contribution in [0.1, 0.15) is 28.9 Å². The van der Waals surface area contributed by atoms with Crippen LogP contribution in [0.15, 0.2) is 48.8 Å². The van der Waals surface area contributed by atoms with E-state index in [0.717, 1.165) is 16.5 Å². The monoisotopic (exact) mass is 363 g/mol. The molecule has 3 heterocycles. The first-order valence-electron chi connectivity index (χ1n) is 9.11. The maximum atomic E-state index is 12.8. The second kappa shape index (κ2) is 7.57. The van der Waals surface area contributed by atoms with Crippen molar-refractivity contribution >= 4 is 22.7 Å². The number of aromatic nitrogens is 3. The summed E-state index contributed by atoms with van der Waals surface area (Å²) in [6.07, 6.45) is 4.77. The molecule has 0 bridgehead atoms. The van der Waals surface area contributed by atoms with Gasteiger partial charge in [-0.05, 0) is 30.5 Å². The van der Waals surface area contributed by atoms with Gasteiger partial charge in [0.1, 0.15) is 0 Å². The van der Waals surface area contributed by atoms with Crippen LogP contribution in [0.3, 0.4) is 0 Å². The second-order valence-corrected chi connectivity index (χ2v) is 6.76. The number of carbonyl (C=O) groups excluding carboxylic acids is 2. The standard InChI is InChI=1S/C20H21N5O2/c26-19(22-13-14-4-3-9-21-12-14)15-7-10-25(11-8-15)20(27)18-16-5-1-2-6-17(16)23-24-18/h1-6,9,12,15H,7-8,10-11,13H2,(H,22,26)(H,23,24). The second-order valence-electron chi connectivity index (χ2n) is 6.76. The molecule has 4 rings (SSSR count). The first kappa shape index (κ1) is 17.2. The minimum Gasteiger partial charge on any atom is -0.352 e. The average Bonchev–Trinajstić information content (AvgIpc) is 3.16. The molecular formula is C20H21N5O2. The lowest BCUT2D eigenvalue weighted by molar-refractivity contribution is -0.126. The summed E-state index contributed by atoms with van der Waals surface area (Å²) in [5.41, 5.74) is 2.28. The van der Waals surface area contributed by atoms with E-state index in [1.54, 1.807) is 17.3 Å². The van der Waals surface area contributed by atoms with E-state index >= 15 is 0 Å². The Morgan fingerprint density at radius 1 is 1.15 bits per heavy atom. The lowest BCUT2D eigenvalue weighted by atomic mass is 9.95. The molecule has 1 aromatic carbocycles. The Morgan fingerprint density at radius 3 is 2.74 bits per heavy atom. The van der Waals surface area contributed by atoms with Crippen molar-refractivity contribution in [3.05, 3.63) is 60.0 Å². The number of hydrogen-bond donors (Lipinski definition) is 2. The van der Waals surface area contributed by atoms with E-state index in [2.05, 4.69) is 20.5 Å². The third-order valence-electron chi connectivity index (χ3n) is 5.02. The first-order chi connectivity index (χ1) is 13.2. The summed E-state index contributed by atoms with van der Waals surface area (Å²) >= 11 is 0. The Labute approximate surface area is 156 Å². The molecule has 0 unspecified atom stereocenters. The quantitative estimate of drug-likeness (QED) is 0.743. The molecular weight excluding hydrogens is 342 g/mol. The molecule has 0 spiro atoms. The highest BCUT2D eigenvalue weighted by atomic mass is 16.2. The van der Waals surface area contributed by atoms with Crippen LogP contribution >= 0.6 is 0 Å². The van der Waals surface area contributed by atoms with Crippen molar-refractivity contribution in [1.82, 2.24) is 25.4 Å². The van der Waals surface area contributed by atoms with Gasteiger partial charge in [-0.1, -0.05) is 24.3 Å². The minimum absolute atomic E-state index is 0.0381. The van der Waals surface area contributed by atoms with E-state index in [4.69, 9.17) is 0 Å². The Kier molecular flexibility index (Phi) is 4.82. The van der Waals surface area contributed by atoms with Crippen LogP contribution in [-0.4, -0.2) is 45.0 Å². The molecule has 1 saturated heterocycles. The van der Waals surface area contributed by atoms with Gasteiger partial charge in [0.05, 0.1) is 5.52 Å². The molecule has 1 fully saturated rings. The molecule has 0 saturated carbocycles. The number of hydrogen-bond acceptors (Lipinski definition) is 4. The van der Waals surface area contributed by atoms with Crippen LogP contribution in [0.2, 0.25) is 0 Å². The lowest BCUT2D eigenvalue weighted by Gasteiger charge is -2.31. The number of para-hydroxylation sites is 1. The number of nitrogens with one attached hydrogen (secondary N) is 2. The number of piperidine rings is 1. The van der Waals surface area contributed by atoms with Gasteiger partial charge in [0.25, 0.3) is 5.91 Å². The van der Waals surface area contributed by atoms with Crippen LogP contribution in [0.4, 0.5) is 0 Å². The molecule has 2 N–H and O–H groups in total. The summed E-state index contributed by atoms with van der Waals surface area (Å²) in [6, 6.07) is 11.4. The average molecular weight is 363 g/mol. The van der Waals surface area contributed by atoms with Crippen LogP contribution in [-0.2, 0) is 11.3 Å². The highest BCUT2D eigenvalue weighted by Gasteiger charge is 2.29. The molecule has 0 radical (unpaired) electrons. The summed E-state index contributed by atoms with van der Waals surface area (Å²) in [7, 11) is 0. The number of pyridine rings is 1. The lowest BCUT2D eigenvalue weighted by Crippen LogP contribution is -2.43. The largest absolute Gasteiger partial charge is 0.352 e. The summed E-state index contributed by atoms with van der Waals surface area (Å²) < 4.78 is 0. The molecule has 7 heteroatoms. The number of aromatic amines is 1. The van der Waals surface area contributed by atoms with Crippen molar-refractivity contribution in [2.45, 2.75) is 19.4 Å². The minimum atomic E-state index is -0.0818. The van der Waals surface area contributed by atoms with Crippen molar-refractivity contribution in [3.63, 3.8) is 0 Å². The number of H-pyrrole nitrogens is 1. The molecule has 7 nitrogen and oxygen atoms in total. The highest BCUT2D eigenvalue weighted by Crippen LogP contribution is 2.22. The number of benzene rings is 1. The summed E-state index contributed by atoms with van der Waals surface area (Å²) in [4.78, 5) is 31.0. The molecule has 0 atom stereocenters. The summed E-state index contributed by atoms with van der Waals surface area (Å²) in [6.45, 7) is 1.60. The zero-order valence-electron chi connectivity index (χ0n) is 14.9. The Morgan fingerprint density at radius 2 is 1.96 bits per heavy atom. The first-order valence-corrected chi connectivity index (χ1v) is 9.11. The molecule has 138 valence electrons. The van der Waals surface area contributed by atoms with Crippen LogP contribution < -0.4 is 5.32 Å². The predicted octanol–water partition coefficient (Wildman–Crippen LogP) is 2.13. The third-order valence-corrected chi connectivity index (χ3v) is 5.02. The summed E-state index contributed by atoms with van der Waals surface area (Å²) in [5, 5.41) is 10.9. The molecule has 3 aromatic rings. The zero-order valence-corrected chi connectivity index (χ0v) is 14.9. The maximum Gasteiger partial charge on any atom is 0.274 e. The van der Waals surface area contributed by atoms with Gasteiger partial charge >= 0.3 is 0 Å². The van der Waals surface area contributed by atoms with Crippen LogP contribution in [0.5, 0.6) is 0 Å². The molecule has 2 amide bonds. The van der Waals surface area contributed by atoms with E-state index < -0.39 is 0 Å². The van der Waals surface area contributed by atoms with Crippen molar-refractivity contribution in [2.75, 3.05) is 13.1 Å². The zero-order chi connectivity index (χ0) is 18.6. The number of carbonyl (C=O) groups is 2. The van der Waals surface area contributed by atoms with E-state index in [1.165, 1.54) is 0 Å². The fraction of sp³-hybridized carbons (Fsp3) is 0.300. The van der Waals surface area contributed by atoms with Gasteiger partial charge in [0, 0.05) is 43.3 Å². The van der Waals surface area contributed by atoms with Crippen molar-refractivity contribution in [2.24, 2.45) is 5.92 Å². The Hall–Kier alpha value is -3.22. The number of fused-ring (bicyclic) bond motifs is 1. The topological polar surface area (TPSA) is 91.0 Å². The van der Waals surface area contributed by atoms with Gasteiger partial charge in [0.2, 0.25) is 5.91 Å². The van der Waals surface area contributed by atoms with E-state index in [0.29, 0.717) is 38.2 Å². The predicted molar refractivity (Wildman–Crippen MR) is 101 cm³/mol. The van der Waals surface area contributed by atoms with Crippen molar-refractivity contribution < 1.29 is 9.59 Å². The fourth-order valence-corrected chi connectivity index (χ4v) is 3.46. The van der Waals surface area contributed by atoms with E-state index in [1.807, 2.05) is 36.4 Å². The van der Waals surface area contributed by atoms with Gasteiger partial charge in [0.15, 0.2) is 5.69 Å². The van der Waals surface area contributed by atoms with Gasteiger partial charge in [-0.3, -0.25) is 19.7 Å². The van der Waals surface area contributed by atoms with Gasteiger partial charge in [-0.15, -0.1) is 0 Å². The Balaban J connectivity index is 1.33. The SMILES string of the molecule is O=C(NCc1cccnc1)C1CCN(C(=O)c2n[nH]c3ccccc23)CC1. The van der Waals surface area contributed by atoms with E-state index in [-0.39, 0.29) is 17.7 Å². The number of amides is 2. The maximum absolute atomic E-state index is 12.8. The smallest absolute Gasteiger partial charge is 0.274 e. The number of likely N-dealkylation sites (tertiary alicyclic amines) is 1. The Bertz CT molecular complexity index is 945. The van der Waals surface area contributed by atoms with Crippen LogP contribution in [0, 0.1) is 5.92 Å². The molecule has 1 aliphatic rings. The number of rotatable bonds is 4. The fourth-order valence-electron chi connectivity index (χ4n) is 3.46. The van der Waals surface area contributed by atoms with Gasteiger partial charge < -0.3 is 10.2 Å². The normalized spacial score (nSPS) is 15.0. The van der Waals surface area contributed by atoms with Crippen LogP contribution in [0.25, 0.3) is 10.9 Å². The van der Waals surface area contributed by atoms with Gasteiger partial charge in [-0.2, -0.15) is 5.10 Å². The molecule has 1 aliphatic heterocycles. The van der Waals surface area contributed by atoms with E-state index in [9.17, 15) is 9.59 Å².